The molecule has 0 spiro atoms. The summed E-state index contributed by atoms with van der Waals surface area (Å²) >= 11 is 0. The molecule has 0 atom stereocenters. The van der Waals surface area contributed by atoms with Crippen LogP contribution < -0.4 is 10.6 Å². The topological polar surface area (TPSA) is 63.2 Å². The Hall–Kier alpha value is -1.46. The Morgan fingerprint density at radius 1 is 1.40 bits per heavy atom. The van der Waals surface area contributed by atoms with Crippen molar-refractivity contribution in [3.8, 4) is 0 Å². The van der Waals surface area contributed by atoms with Crippen LogP contribution in [0.2, 0.25) is 0 Å². The smallest absolute Gasteiger partial charge is 0.234 e. The second-order valence-corrected chi connectivity index (χ2v) is 5.59. The number of pyridine rings is 1. The number of ether oxygens (including phenoxy) is 1. The molecule has 2 rings (SSSR count). The number of nitrogens with one attached hydrogen (secondary N) is 2. The van der Waals surface area contributed by atoms with E-state index in [4.69, 9.17) is 4.74 Å². The molecule has 0 saturated carbocycles. The highest BCUT2D eigenvalue weighted by molar-refractivity contribution is 5.94. The Balaban J connectivity index is 2.15. The highest BCUT2D eigenvalue weighted by Crippen LogP contribution is 2.30. The molecule has 20 heavy (non-hydrogen) atoms. The highest BCUT2D eigenvalue weighted by atomic mass is 16.5. The summed E-state index contributed by atoms with van der Waals surface area (Å²) in [5, 5.41) is 6.24. The first-order valence-electron chi connectivity index (χ1n) is 7.02. The van der Waals surface area contributed by atoms with Crippen molar-refractivity contribution in [2.24, 2.45) is 5.41 Å². The van der Waals surface area contributed by atoms with Crippen LogP contribution in [0.15, 0.2) is 12.1 Å². The lowest BCUT2D eigenvalue weighted by atomic mass is 9.78. The third-order valence-electron chi connectivity index (χ3n) is 3.80. The van der Waals surface area contributed by atoms with Crippen molar-refractivity contribution in [2.45, 2.75) is 26.7 Å². The first-order chi connectivity index (χ1) is 9.55. The minimum atomic E-state index is -0.445. The van der Waals surface area contributed by atoms with E-state index >= 15 is 0 Å². The molecule has 110 valence electrons. The second-order valence-electron chi connectivity index (χ2n) is 5.59. The van der Waals surface area contributed by atoms with Crippen molar-refractivity contribution in [3.63, 3.8) is 0 Å². The minimum Gasteiger partial charge on any atom is -0.384 e. The first-order valence-corrected chi connectivity index (χ1v) is 7.02. The van der Waals surface area contributed by atoms with E-state index < -0.39 is 5.41 Å². The Kier molecular flexibility index (Phi) is 4.73. The predicted molar refractivity (Wildman–Crippen MR) is 78.8 cm³/mol. The van der Waals surface area contributed by atoms with E-state index in [-0.39, 0.29) is 5.91 Å². The van der Waals surface area contributed by atoms with Crippen LogP contribution in [0.4, 0.5) is 5.82 Å². The van der Waals surface area contributed by atoms with Crippen LogP contribution >= 0.6 is 0 Å². The number of carbonyl (C=O) groups excluding carboxylic acids is 1. The number of rotatable bonds is 4. The number of methoxy groups -OCH3 is 1. The average molecular weight is 277 g/mol. The van der Waals surface area contributed by atoms with E-state index in [9.17, 15) is 4.79 Å². The molecule has 0 aromatic carbocycles. The largest absolute Gasteiger partial charge is 0.384 e. The summed E-state index contributed by atoms with van der Waals surface area (Å²) < 4.78 is 5.28. The molecule has 1 aliphatic rings. The monoisotopic (exact) mass is 277 g/mol. The van der Waals surface area contributed by atoms with E-state index in [1.807, 2.05) is 26.0 Å². The van der Waals surface area contributed by atoms with Crippen molar-refractivity contribution >= 4 is 11.7 Å². The fraction of sp³-hybridized carbons (Fsp3) is 0.600. The molecular formula is C15H23N3O2. The lowest BCUT2D eigenvalue weighted by Crippen LogP contribution is -2.47. The number of aromatic nitrogens is 1. The van der Waals surface area contributed by atoms with Crippen LogP contribution in [-0.4, -0.2) is 37.7 Å². The van der Waals surface area contributed by atoms with Gasteiger partial charge in [-0.25, -0.2) is 4.98 Å². The number of aryl methyl sites for hydroxylation is 2. The van der Waals surface area contributed by atoms with Gasteiger partial charge in [0, 0.05) is 12.8 Å². The SMILES string of the molecule is COCC1(C(=O)Nc2cc(C)cc(C)n2)CCNCC1. The molecule has 0 aliphatic carbocycles. The van der Waals surface area contributed by atoms with Crippen LogP contribution in [0, 0.1) is 19.3 Å². The zero-order valence-electron chi connectivity index (χ0n) is 12.5. The molecule has 1 aliphatic heterocycles. The van der Waals surface area contributed by atoms with Gasteiger partial charge in [-0.1, -0.05) is 0 Å². The van der Waals surface area contributed by atoms with Crippen molar-refractivity contribution in [1.82, 2.24) is 10.3 Å². The van der Waals surface area contributed by atoms with Crippen molar-refractivity contribution in [3.05, 3.63) is 23.4 Å². The van der Waals surface area contributed by atoms with Gasteiger partial charge in [0.05, 0.1) is 12.0 Å². The van der Waals surface area contributed by atoms with Gasteiger partial charge in [-0.05, 0) is 57.5 Å². The molecule has 1 aromatic heterocycles. The number of nitrogens with zero attached hydrogens (tertiary/aromatic N) is 1. The quantitative estimate of drug-likeness (QED) is 0.878. The molecule has 1 aromatic rings. The van der Waals surface area contributed by atoms with Gasteiger partial charge in [0.1, 0.15) is 5.82 Å². The average Bonchev–Trinajstić information content (AvgIpc) is 2.38. The molecule has 5 nitrogen and oxygen atoms in total. The zero-order chi connectivity index (χ0) is 14.6. The maximum absolute atomic E-state index is 12.6. The predicted octanol–water partition coefficient (Wildman–Crippen LogP) is 1.65. The molecule has 2 N–H and O–H groups in total. The van der Waals surface area contributed by atoms with E-state index in [1.54, 1.807) is 7.11 Å². The Morgan fingerprint density at radius 2 is 2.10 bits per heavy atom. The number of hydrogen-bond donors (Lipinski definition) is 2. The summed E-state index contributed by atoms with van der Waals surface area (Å²) in [6.07, 6.45) is 1.58. The summed E-state index contributed by atoms with van der Waals surface area (Å²) in [7, 11) is 1.64. The Morgan fingerprint density at radius 3 is 2.70 bits per heavy atom. The molecule has 2 heterocycles. The summed E-state index contributed by atoms with van der Waals surface area (Å²) in [6.45, 7) is 6.07. The van der Waals surface area contributed by atoms with Crippen molar-refractivity contribution in [1.29, 1.82) is 0 Å². The van der Waals surface area contributed by atoms with Crippen LogP contribution in [0.1, 0.15) is 24.1 Å². The molecule has 5 heteroatoms. The number of anilines is 1. The Bertz CT molecular complexity index is 456. The third kappa shape index (κ3) is 3.35. The van der Waals surface area contributed by atoms with Gasteiger partial charge >= 0.3 is 0 Å². The molecular weight excluding hydrogens is 254 g/mol. The summed E-state index contributed by atoms with van der Waals surface area (Å²) in [5.41, 5.74) is 1.56. The lowest BCUT2D eigenvalue weighted by molar-refractivity contribution is -0.130. The maximum atomic E-state index is 12.6. The van der Waals surface area contributed by atoms with Crippen LogP contribution in [0.5, 0.6) is 0 Å². The molecule has 1 saturated heterocycles. The second kappa shape index (κ2) is 6.33. The van der Waals surface area contributed by atoms with Crippen molar-refractivity contribution < 1.29 is 9.53 Å². The van der Waals surface area contributed by atoms with Crippen LogP contribution in [0.25, 0.3) is 0 Å². The van der Waals surface area contributed by atoms with Crippen molar-refractivity contribution in [2.75, 3.05) is 32.1 Å². The van der Waals surface area contributed by atoms with E-state index in [0.29, 0.717) is 12.4 Å². The van der Waals surface area contributed by atoms with E-state index in [1.165, 1.54) is 0 Å². The number of carbonyl (C=O) groups is 1. The summed E-state index contributed by atoms with van der Waals surface area (Å²) in [5.74, 6) is 0.639. The zero-order valence-corrected chi connectivity index (χ0v) is 12.5. The number of piperidine rings is 1. The number of hydrogen-bond acceptors (Lipinski definition) is 4. The maximum Gasteiger partial charge on any atom is 0.234 e. The molecule has 0 unspecified atom stereocenters. The van der Waals surface area contributed by atoms with Gasteiger partial charge in [0.25, 0.3) is 0 Å². The van der Waals surface area contributed by atoms with Gasteiger partial charge in [0.15, 0.2) is 0 Å². The summed E-state index contributed by atoms with van der Waals surface area (Å²) in [6, 6.07) is 3.89. The normalized spacial score (nSPS) is 17.8. The van der Waals surface area contributed by atoms with E-state index in [0.717, 1.165) is 37.2 Å². The van der Waals surface area contributed by atoms with Gasteiger partial charge in [-0.2, -0.15) is 0 Å². The van der Waals surface area contributed by atoms with Gasteiger partial charge in [-0.15, -0.1) is 0 Å². The first kappa shape index (κ1) is 14.9. The third-order valence-corrected chi connectivity index (χ3v) is 3.80. The summed E-state index contributed by atoms with van der Waals surface area (Å²) in [4.78, 5) is 17.0. The molecule has 0 radical (unpaired) electrons. The van der Waals surface area contributed by atoms with E-state index in [2.05, 4.69) is 15.6 Å². The fourth-order valence-corrected chi connectivity index (χ4v) is 2.77. The Labute approximate surface area is 120 Å². The highest BCUT2D eigenvalue weighted by Gasteiger charge is 2.39. The van der Waals surface area contributed by atoms with Gasteiger partial charge in [-0.3, -0.25) is 4.79 Å². The molecule has 1 fully saturated rings. The number of amides is 1. The minimum absolute atomic E-state index is 0.0124. The standard InChI is InChI=1S/C15H23N3O2/c1-11-8-12(2)17-13(9-11)18-14(19)15(10-20-3)4-6-16-7-5-15/h8-9,16H,4-7,10H2,1-3H3,(H,17,18,19). The molecule has 1 amide bonds. The van der Waals surface area contributed by atoms with Gasteiger partial charge < -0.3 is 15.4 Å². The van der Waals surface area contributed by atoms with Gasteiger partial charge in [0.2, 0.25) is 5.91 Å². The van der Waals surface area contributed by atoms with Crippen LogP contribution in [0.3, 0.4) is 0 Å². The fourth-order valence-electron chi connectivity index (χ4n) is 2.77. The molecule has 0 bridgehead atoms. The van der Waals surface area contributed by atoms with Crippen LogP contribution in [-0.2, 0) is 9.53 Å². The lowest BCUT2D eigenvalue weighted by Gasteiger charge is -2.35.